The van der Waals surface area contributed by atoms with E-state index in [-0.39, 0.29) is 29.0 Å². The third-order valence-electron chi connectivity index (χ3n) is 7.15. The van der Waals surface area contributed by atoms with Crippen LogP contribution in [0.1, 0.15) is 62.1 Å². The summed E-state index contributed by atoms with van der Waals surface area (Å²) in [6, 6.07) is 13.4. The molecule has 2 aromatic carbocycles. The van der Waals surface area contributed by atoms with Gasteiger partial charge in [-0.15, -0.1) is 0 Å². The number of rotatable bonds is 7. The van der Waals surface area contributed by atoms with Crippen molar-refractivity contribution in [1.82, 2.24) is 9.71 Å². The number of nitrogens with two attached hydrogens (primary N) is 1. The number of nitrogens with one attached hydrogen (secondary N) is 2. The molecule has 35 heavy (non-hydrogen) atoms. The monoisotopic (exact) mass is 496 g/mol. The summed E-state index contributed by atoms with van der Waals surface area (Å²) in [6.45, 7) is 0. The molecule has 1 amide bonds. The molecule has 0 bridgehead atoms. The Morgan fingerprint density at radius 3 is 2.66 bits per heavy atom. The summed E-state index contributed by atoms with van der Waals surface area (Å²) in [4.78, 5) is 16.5. The molecular weight excluding hydrogens is 467 g/mol. The van der Waals surface area contributed by atoms with E-state index in [0.29, 0.717) is 36.6 Å². The molecule has 2 aliphatic rings. The molecule has 1 fully saturated rings. The fourth-order valence-electron chi connectivity index (χ4n) is 5.52. The molecule has 1 saturated carbocycles. The van der Waals surface area contributed by atoms with Crippen LogP contribution in [0.15, 0.2) is 53.4 Å². The van der Waals surface area contributed by atoms with E-state index in [1.165, 1.54) is 12.1 Å². The standard InChI is InChI=1S/C26H29FN4O3S/c27-19-9-10-20-17(14-19)8-11-22(20)30-25-23(15-18-6-2-3-7-21(18)29-25)35(33,34)31-26(16-24(28)32)12-4-1-5-13-26/h2-3,6-7,9-10,14-15,22,31H,1,4-5,8,11-13,16H2,(H2,28,32)(H,29,30). The molecule has 1 aromatic heterocycles. The number of hydrogen-bond acceptors (Lipinski definition) is 5. The number of carbonyl (C=O) groups is 1. The minimum absolute atomic E-state index is 0.0289. The van der Waals surface area contributed by atoms with Crippen molar-refractivity contribution < 1.29 is 17.6 Å². The third kappa shape index (κ3) is 4.88. The van der Waals surface area contributed by atoms with Crippen molar-refractivity contribution in [1.29, 1.82) is 0 Å². The lowest BCUT2D eigenvalue weighted by Crippen LogP contribution is -2.51. The van der Waals surface area contributed by atoms with Crippen LogP contribution in [-0.4, -0.2) is 24.8 Å². The number of sulfonamides is 1. The van der Waals surface area contributed by atoms with E-state index in [2.05, 4.69) is 15.0 Å². The van der Waals surface area contributed by atoms with E-state index in [1.807, 2.05) is 24.3 Å². The number of halogens is 1. The second-order valence-electron chi connectivity index (χ2n) is 9.70. The summed E-state index contributed by atoms with van der Waals surface area (Å²) in [5.41, 5.74) is 7.12. The number of hydrogen-bond donors (Lipinski definition) is 3. The Bertz CT molecular complexity index is 1390. The van der Waals surface area contributed by atoms with Gasteiger partial charge in [0.05, 0.1) is 11.6 Å². The SMILES string of the molecule is NC(=O)CC1(NS(=O)(=O)c2cc3ccccc3nc2NC2CCc3cc(F)ccc32)CCCCC1. The highest BCUT2D eigenvalue weighted by Gasteiger charge is 2.39. The number of pyridine rings is 1. The van der Waals surface area contributed by atoms with Gasteiger partial charge < -0.3 is 11.1 Å². The van der Waals surface area contributed by atoms with Gasteiger partial charge in [-0.3, -0.25) is 4.79 Å². The van der Waals surface area contributed by atoms with Crippen molar-refractivity contribution >= 4 is 32.7 Å². The number of aryl methyl sites for hydroxylation is 1. The van der Waals surface area contributed by atoms with Crippen LogP contribution in [0.3, 0.4) is 0 Å². The van der Waals surface area contributed by atoms with E-state index >= 15 is 0 Å². The minimum Gasteiger partial charge on any atom is -0.370 e. The van der Waals surface area contributed by atoms with Crippen molar-refractivity contribution in [3.63, 3.8) is 0 Å². The Morgan fingerprint density at radius 2 is 1.89 bits per heavy atom. The second kappa shape index (κ2) is 9.20. The number of nitrogens with zero attached hydrogens (tertiary/aromatic N) is 1. The number of fused-ring (bicyclic) bond motifs is 2. The predicted octanol–water partition coefficient (Wildman–Crippen LogP) is 4.33. The summed E-state index contributed by atoms with van der Waals surface area (Å²) in [5.74, 6) is -0.573. The molecule has 5 rings (SSSR count). The van der Waals surface area contributed by atoms with E-state index in [9.17, 15) is 17.6 Å². The average molecular weight is 497 g/mol. The topological polar surface area (TPSA) is 114 Å². The van der Waals surface area contributed by atoms with Gasteiger partial charge in [-0.25, -0.2) is 22.5 Å². The Labute approximate surface area is 204 Å². The van der Waals surface area contributed by atoms with E-state index in [4.69, 9.17) is 5.73 Å². The zero-order chi connectivity index (χ0) is 24.6. The van der Waals surface area contributed by atoms with Crippen LogP contribution in [0.2, 0.25) is 0 Å². The van der Waals surface area contributed by atoms with Crippen molar-refractivity contribution in [2.45, 2.75) is 67.8 Å². The lowest BCUT2D eigenvalue weighted by Gasteiger charge is -2.37. The van der Waals surface area contributed by atoms with Gasteiger partial charge in [-0.05, 0) is 61.1 Å². The summed E-state index contributed by atoms with van der Waals surface area (Å²) >= 11 is 0. The largest absolute Gasteiger partial charge is 0.370 e. The fourth-order valence-corrected chi connectivity index (χ4v) is 7.12. The summed E-state index contributed by atoms with van der Waals surface area (Å²) in [7, 11) is -4.05. The third-order valence-corrected chi connectivity index (χ3v) is 8.74. The Balaban J connectivity index is 1.55. The highest BCUT2D eigenvalue weighted by molar-refractivity contribution is 7.89. The maximum Gasteiger partial charge on any atom is 0.244 e. The molecular formula is C26H29FN4O3S. The zero-order valence-electron chi connectivity index (χ0n) is 19.4. The van der Waals surface area contributed by atoms with Crippen molar-refractivity contribution in [2.75, 3.05) is 5.32 Å². The van der Waals surface area contributed by atoms with Crippen LogP contribution in [0, 0.1) is 5.82 Å². The average Bonchev–Trinajstić information content (AvgIpc) is 3.19. The molecule has 2 aliphatic carbocycles. The fraction of sp³-hybridized carbons (Fsp3) is 0.385. The Hall–Kier alpha value is -3.04. The van der Waals surface area contributed by atoms with Gasteiger partial charge in [0.1, 0.15) is 16.5 Å². The molecule has 1 unspecified atom stereocenters. The molecule has 0 radical (unpaired) electrons. The quantitative estimate of drug-likeness (QED) is 0.451. The highest BCUT2D eigenvalue weighted by Crippen LogP contribution is 2.38. The van der Waals surface area contributed by atoms with Gasteiger partial charge in [0.25, 0.3) is 0 Å². The normalized spacial score (nSPS) is 19.4. The highest BCUT2D eigenvalue weighted by atomic mass is 32.2. The first kappa shape index (κ1) is 23.7. The van der Waals surface area contributed by atoms with Gasteiger partial charge >= 0.3 is 0 Å². The molecule has 7 nitrogen and oxygen atoms in total. The first-order valence-corrected chi connectivity index (χ1v) is 13.5. The van der Waals surface area contributed by atoms with Crippen LogP contribution in [0.25, 0.3) is 10.9 Å². The van der Waals surface area contributed by atoms with Crippen molar-refractivity contribution in [2.24, 2.45) is 5.73 Å². The van der Waals surface area contributed by atoms with Crippen LogP contribution in [-0.2, 0) is 21.2 Å². The second-order valence-corrected chi connectivity index (χ2v) is 11.3. The number of aromatic nitrogens is 1. The molecule has 184 valence electrons. The van der Waals surface area contributed by atoms with Crippen LogP contribution in [0.5, 0.6) is 0 Å². The Morgan fingerprint density at radius 1 is 1.11 bits per heavy atom. The molecule has 4 N–H and O–H groups in total. The molecule has 1 heterocycles. The lowest BCUT2D eigenvalue weighted by molar-refractivity contribution is -0.119. The molecule has 0 saturated heterocycles. The molecule has 3 aromatic rings. The number of benzene rings is 2. The Kier molecular flexibility index (Phi) is 6.23. The number of carbonyl (C=O) groups excluding carboxylic acids is 1. The van der Waals surface area contributed by atoms with Gasteiger partial charge in [0, 0.05) is 17.3 Å². The molecule has 9 heteroatoms. The van der Waals surface area contributed by atoms with Gasteiger partial charge in [0.15, 0.2) is 0 Å². The minimum atomic E-state index is -4.05. The summed E-state index contributed by atoms with van der Waals surface area (Å²) < 4.78 is 44.2. The smallest absolute Gasteiger partial charge is 0.244 e. The van der Waals surface area contributed by atoms with E-state index in [1.54, 1.807) is 12.1 Å². The number of amides is 1. The lowest BCUT2D eigenvalue weighted by atomic mass is 9.80. The molecule has 0 spiro atoms. The van der Waals surface area contributed by atoms with Crippen LogP contribution >= 0.6 is 0 Å². The zero-order valence-corrected chi connectivity index (χ0v) is 20.2. The number of para-hydroxylation sites is 1. The number of primary amides is 1. The van der Waals surface area contributed by atoms with Crippen molar-refractivity contribution in [3.8, 4) is 0 Å². The van der Waals surface area contributed by atoms with Crippen LogP contribution < -0.4 is 15.8 Å². The first-order chi connectivity index (χ1) is 16.7. The molecule has 0 aliphatic heterocycles. The van der Waals surface area contributed by atoms with E-state index < -0.39 is 21.5 Å². The van der Waals surface area contributed by atoms with Crippen LogP contribution in [0.4, 0.5) is 10.2 Å². The van der Waals surface area contributed by atoms with Crippen molar-refractivity contribution in [3.05, 3.63) is 65.5 Å². The number of anilines is 1. The van der Waals surface area contributed by atoms with E-state index in [0.717, 1.165) is 30.4 Å². The summed E-state index contributed by atoms with van der Waals surface area (Å²) in [6.07, 6.45) is 5.11. The van der Waals surface area contributed by atoms with Gasteiger partial charge in [-0.1, -0.05) is 43.5 Å². The predicted molar refractivity (Wildman–Crippen MR) is 133 cm³/mol. The maximum absolute atomic E-state index is 13.8. The first-order valence-electron chi connectivity index (χ1n) is 12.0. The molecule has 1 atom stereocenters. The summed E-state index contributed by atoms with van der Waals surface area (Å²) in [5, 5.41) is 4.02. The van der Waals surface area contributed by atoms with Gasteiger partial charge in [-0.2, -0.15) is 0 Å². The van der Waals surface area contributed by atoms with Gasteiger partial charge in [0.2, 0.25) is 15.9 Å². The maximum atomic E-state index is 13.8.